The van der Waals surface area contributed by atoms with Crippen molar-refractivity contribution in [2.24, 2.45) is 0 Å². The second kappa shape index (κ2) is 8.51. The number of amides is 2. The van der Waals surface area contributed by atoms with Crippen molar-refractivity contribution in [2.75, 3.05) is 6.61 Å². The number of rotatable bonds is 6. The number of carbonyl (C=O) groups excluding carboxylic acids is 2. The Morgan fingerprint density at radius 1 is 1.26 bits per heavy atom. The largest absolute Gasteiger partial charge is 0.484 e. The molecule has 1 aromatic carbocycles. The summed E-state index contributed by atoms with van der Waals surface area (Å²) in [5, 5.41) is 19.9. The van der Waals surface area contributed by atoms with Gasteiger partial charge in [-0.3, -0.25) is 14.9 Å². The SMILES string of the molecule is CC1NNC(C(=O)NC23CCC(NC(=O)COc4ccc(Cl)c(F)c4)(CC2)[C@@H](O)C3)N1. The van der Waals surface area contributed by atoms with Crippen LogP contribution in [-0.2, 0) is 9.59 Å². The summed E-state index contributed by atoms with van der Waals surface area (Å²) in [6.07, 6.45) is 1.37. The lowest BCUT2D eigenvalue weighted by atomic mass is 9.60. The summed E-state index contributed by atoms with van der Waals surface area (Å²) < 4.78 is 18.9. The van der Waals surface area contributed by atoms with E-state index in [9.17, 15) is 19.1 Å². The van der Waals surface area contributed by atoms with Crippen molar-refractivity contribution in [1.82, 2.24) is 26.8 Å². The minimum Gasteiger partial charge on any atom is -0.484 e. The van der Waals surface area contributed by atoms with Crippen LogP contribution in [0.5, 0.6) is 5.75 Å². The second-order valence-electron chi connectivity index (χ2n) is 8.67. The van der Waals surface area contributed by atoms with Crippen molar-refractivity contribution in [3.63, 3.8) is 0 Å². The van der Waals surface area contributed by atoms with E-state index in [-0.39, 0.29) is 29.5 Å². The van der Waals surface area contributed by atoms with E-state index in [1.807, 2.05) is 6.92 Å². The quantitative estimate of drug-likeness (QED) is 0.364. The number of aliphatic hydroxyl groups is 1. The lowest BCUT2D eigenvalue weighted by Crippen LogP contribution is -2.71. The number of halogens is 2. The van der Waals surface area contributed by atoms with Gasteiger partial charge in [0.25, 0.3) is 11.8 Å². The van der Waals surface area contributed by atoms with Gasteiger partial charge in [-0.05, 0) is 51.2 Å². The predicted molar refractivity (Wildman–Crippen MR) is 110 cm³/mol. The number of hydrogen-bond acceptors (Lipinski definition) is 7. The van der Waals surface area contributed by atoms with Crippen LogP contribution in [0.1, 0.15) is 39.0 Å². The van der Waals surface area contributed by atoms with Gasteiger partial charge in [-0.1, -0.05) is 11.6 Å². The molecule has 11 heteroatoms. The number of fused-ring (bicyclic) bond motifs is 3. The highest BCUT2D eigenvalue weighted by Gasteiger charge is 2.55. The van der Waals surface area contributed by atoms with Crippen LogP contribution in [-0.4, -0.2) is 53.0 Å². The molecule has 31 heavy (non-hydrogen) atoms. The number of hydrazine groups is 1. The summed E-state index contributed by atoms with van der Waals surface area (Å²) in [5.74, 6) is -1.000. The summed E-state index contributed by atoms with van der Waals surface area (Å²) in [6.45, 7) is 1.59. The maximum atomic E-state index is 13.5. The second-order valence-corrected chi connectivity index (χ2v) is 9.08. The number of nitrogens with one attached hydrogen (secondary N) is 5. The van der Waals surface area contributed by atoms with Gasteiger partial charge in [0.1, 0.15) is 11.6 Å². The minimum atomic E-state index is -0.797. The van der Waals surface area contributed by atoms with Crippen LogP contribution in [0.15, 0.2) is 18.2 Å². The molecule has 2 unspecified atom stereocenters. The first-order chi connectivity index (χ1) is 14.7. The van der Waals surface area contributed by atoms with Crippen molar-refractivity contribution in [3.8, 4) is 5.75 Å². The molecule has 1 aliphatic heterocycles. The van der Waals surface area contributed by atoms with E-state index in [2.05, 4.69) is 26.8 Å². The Morgan fingerprint density at radius 2 is 2.00 bits per heavy atom. The van der Waals surface area contributed by atoms with Crippen molar-refractivity contribution >= 4 is 23.4 Å². The van der Waals surface area contributed by atoms with Gasteiger partial charge in [0.05, 0.1) is 22.8 Å². The highest BCUT2D eigenvalue weighted by Crippen LogP contribution is 2.47. The molecule has 9 nitrogen and oxygen atoms in total. The van der Waals surface area contributed by atoms with Crippen LogP contribution in [0.25, 0.3) is 0 Å². The molecule has 3 atom stereocenters. The molecule has 3 saturated carbocycles. The fourth-order valence-electron chi connectivity index (χ4n) is 4.71. The van der Waals surface area contributed by atoms with Gasteiger partial charge in [0.2, 0.25) is 0 Å². The first kappa shape index (κ1) is 22.2. The van der Waals surface area contributed by atoms with Gasteiger partial charge >= 0.3 is 0 Å². The van der Waals surface area contributed by atoms with Crippen LogP contribution < -0.4 is 31.5 Å². The fourth-order valence-corrected chi connectivity index (χ4v) is 4.83. The molecular weight excluding hydrogens is 429 g/mol. The molecule has 170 valence electrons. The molecule has 4 aliphatic rings. The van der Waals surface area contributed by atoms with Gasteiger partial charge in [0.15, 0.2) is 12.8 Å². The van der Waals surface area contributed by atoms with Gasteiger partial charge in [-0.25, -0.2) is 15.2 Å². The summed E-state index contributed by atoms with van der Waals surface area (Å²) in [6, 6.07) is 3.95. The highest BCUT2D eigenvalue weighted by atomic mass is 35.5. The smallest absolute Gasteiger partial charge is 0.258 e. The highest BCUT2D eigenvalue weighted by molar-refractivity contribution is 6.30. The molecule has 0 spiro atoms. The topological polar surface area (TPSA) is 124 Å². The first-order valence-electron chi connectivity index (χ1n) is 10.4. The van der Waals surface area contributed by atoms with Gasteiger partial charge in [0, 0.05) is 11.6 Å². The number of ether oxygens (including phenoxy) is 1. The lowest BCUT2D eigenvalue weighted by molar-refractivity contribution is -0.137. The summed E-state index contributed by atoms with van der Waals surface area (Å²) in [5.41, 5.74) is 4.58. The Kier molecular flexibility index (Phi) is 6.10. The molecule has 0 radical (unpaired) electrons. The minimum absolute atomic E-state index is 0.0222. The number of hydrogen-bond donors (Lipinski definition) is 6. The molecule has 5 rings (SSSR count). The Balaban J connectivity index is 1.31. The number of carbonyl (C=O) groups is 2. The monoisotopic (exact) mass is 455 g/mol. The zero-order valence-electron chi connectivity index (χ0n) is 17.1. The molecular formula is C20H27ClFN5O4. The molecule has 2 amide bonds. The Morgan fingerprint density at radius 3 is 2.61 bits per heavy atom. The third-order valence-corrected chi connectivity index (χ3v) is 6.79. The van der Waals surface area contributed by atoms with E-state index in [1.165, 1.54) is 12.1 Å². The zero-order chi connectivity index (χ0) is 22.2. The van der Waals surface area contributed by atoms with E-state index < -0.39 is 35.1 Å². The van der Waals surface area contributed by atoms with Gasteiger partial charge in [-0.2, -0.15) is 0 Å². The zero-order valence-corrected chi connectivity index (χ0v) is 17.9. The summed E-state index contributed by atoms with van der Waals surface area (Å²) >= 11 is 5.64. The Hall–Kier alpha value is -1.98. The third kappa shape index (κ3) is 4.63. The fraction of sp³-hybridized carbons (Fsp3) is 0.600. The standard InChI is InChI=1S/C20H27ClFN5O4/c1-11-23-17(27-26-11)18(30)25-19-4-6-20(7-5-19,15(28)9-19)24-16(29)10-31-12-2-3-13(21)14(22)8-12/h2-3,8,11,15,17,23,26-28H,4-7,9-10H2,1H3,(H,24,29)(H,25,30)/t11?,15-,17?,19?,20?/m0/s1. The molecule has 1 heterocycles. The van der Waals surface area contributed by atoms with Crippen LogP contribution in [0.4, 0.5) is 4.39 Å². The van der Waals surface area contributed by atoms with Crippen LogP contribution in [0.2, 0.25) is 5.02 Å². The van der Waals surface area contributed by atoms with Crippen LogP contribution in [0.3, 0.4) is 0 Å². The summed E-state index contributed by atoms with van der Waals surface area (Å²) in [4.78, 5) is 25.1. The lowest BCUT2D eigenvalue weighted by Gasteiger charge is -2.56. The number of aliphatic hydroxyl groups excluding tert-OH is 1. The molecule has 6 N–H and O–H groups in total. The third-order valence-electron chi connectivity index (χ3n) is 6.48. The van der Waals surface area contributed by atoms with E-state index >= 15 is 0 Å². The molecule has 0 aromatic heterocycles. The van der Waals surface area contributed by atoms with Crippen molar-refractivity contribution in [1.29, 1.82) is 0 Å². The number of benzene rings is 1. The first-order valence-corrected chi connectivity index (χ1v) is 10.7. The Labute approximate surface area is 184 Å². The molecule has 3 aliphatic carbocycles. The van der Waals surface area contributed by atoms with Crippen molar-refractivity contribution in [3.05, 3.63) is 29.0 Å². The van der Waals surface area contributed by atoms with E-state index in [4.69, 9.17) is 16.3 Å². The average molecular weight is 456 g/mol. The van der Waals surface area contributed by atoms with Gasteiger partial charge in [-0.15, -0.1) is 0 Å². The maximum Gasteiger partial charge on any atom is 0.258 e. The normalized spacial score (nSPS) is 34.4. The van der Waals surface area contributed by atoms with Gasteiger partial charge < -0.3 is 20.5 Å². The summed E-state index contributed by atoms with van der Waals surface area (Å²) in [7, 11) is 0. The average Bonchev–Trinajstić information content (AvgIpc) is 3.17. The van der Waals surface area contributed by atoms with Crippen molar-refractivity contribution in [2.45, 2.75) is 68.5 Å². The molecule has 1 aromatic rings. The maximum absolute atomic E-state index is 13.5. The Bertz CT molecular complexity index is 864. The van der Waals surface area contributed by atoms with E-state index in [1.54, 1.807) is 0 Å². The van der Waals surface area contributed by atoms with E-state index in [0.29, 0.717) is 32.1 Å². The van der Waals surface area contributed by atoms with E-state index in [0.717, 1.165) is 6.07 Å². The van der Waals surface area contributed by atoms with Crippen LogP contribution >= 0.6 is 11.6 Å². The molecule has 1 saturated heterocycles. The molecule has 2 bridgehead atoms. The van der Waals surface area contributed by atoms with Crippen molar-refractivity contribution < 1.29 is 23.8 Å². The predicted octanol–water partition coefficient (Wildman–Crippen LogP) is 0.276. The van der Waals surface area contributed by atoms with Crippen LogP contribution in [0, 0.1) is 5.82 Å². The molecule has 4 fully saturated rings.